The first kappa shape index (κ1) is 21.3. The van der Waals surface area contributed by atoms with Crippen molar-refractivity contribution in [3.8, 4) is 11.5 Å². The van der Waals surface area contributed by atoms with Crippen LogP contribution in [-0.4, -0.2) is 25.6 Å². The Hall–Kier alpha value is -2.42. The quantitative estimate of drug-likeness (QED) is 0.656. The third kappa shape index (κ3) is 4.01. The number of benzene rings is 2. The Morgan fingerprint density at radius 1 is 1.07 bits per heavy atom. The van der Waals surface area contributed by atoms with Crippen LogP contribution in [0.15, 0.2) is 64.0 Å². The number of halogens is 1. The predicted molar refractivity (Wildman–Crippen MR) is 113 cm³/mol. The van der Waals surface area contributed by atoms with Crippen molar-refractivity contribution in [2.24, 2.45) is 5.73 Å². The molecule has 0 aliphatic heterocycles. The lowest BCUT2D eigenvalue weighted by atomic mass is 9.99. The molecule has 0 atom stereocenters. The fraction of sp³-hybridized carbons (Fsp3) is 0.300. The van der Waals surface area contributed by atoms with Crippen LogP contribution in [0.25, 0.3) is 11.5 Å². The maximum absolute atomic E-state index is 13.0. The second-order valence-corrected chi connectivity index (χ2v) is 9.09. The van der Waals surface area contributed by atoms with Gasteiger partial charge in [-0.15, -0.1) is 12.4 Å². The van der Waals surface area contributed by atoms with Crippen LogP contribution >= 0.6 is 12.4 Å². The second kappa shape index (κ2) is 8.14. The second-order valence-electron chi connectivity index (χ2n) is 7.12. The van der Waals surface area contributed by atoms with Crippen molar-refractivity contribution in [3.63, 3.8) is 0 Å². The van der Waals surface area contributed by atoms with Crippen LogP contribution in [0.5, 0.6) is 0 Å². The number of anilines is 1. The van der Waals surface area contributed by atoms with E-state index in [1.807, 2.05) is 6.07 Å². The Kier molecular flexibility index (Phi) is 5.97. The van der Waals surface area contributed by atoms with Crippen molar-refractivity contribution < 1.29 is 12.9 Å². The molecule has 0 amide bonds. The average molecular weight is 435 g/mol. The Bertz CT molecular complexity index is 1080. The summed E-state index contributed by atoms with van der Waals surface area (Å²) in [4.78, 5) is 4.60. The number of sulfonamides is 1. The molecule has 0 bridgehead atoms. The molecule has 29 heavy (non-hydrogen) atoms. The maximum Gasteiger partial charge on any atom is 0.264 e. The van der Waals surface area contributed by atoms with E-state index in [0.717, 1.165) is 25.7 Å². The van der Waals surface area contributed by atoms with Gasteiger partial charge in [-0.2, -0.15) is 4.98 Å². The minimum atomic E-state index is -3.72. The van der Waals surface area contributed by atoms with E-state index in [9.17, 15) is 8.42 Å². The normalized spacial score (nSPS) is 15.7. The summed E-state index contributed by atoms with van der Waals surface area (Å²) in [6.45, 7) is 0. The van der Waals surface area contributed by atoms with E-state index < -0.39 is 15.6 Å². The highest BCUT2D eigenvalue weighted by Gasteiger charge is 2.36. The number of aromatic nitrogens is 2. The van der Waals surface area contributed by atoms with Gasteiger partial charge in [0.2, 0.25) is 0 Å². The predicted octanol–water partition coefficient (Wildman–Crippen LogP) is 3.71. The lowest BCUT2D eigenvalue weighted by Crippen LogP contribution is -2.34. The summed E-state index contributed by atoms with van der Waals surface area (Å²) in [5.74, 6) is 0.751. The summed E-state index contributed by atoms with van der Waals surface area (Å²) < 4.78 is 32.7. The van der Waals surface area contributed by atoms with Gasteiger partial charge in [-0.3, -0.25) is 4.31 Å². The van der Waals surface area contributed by atoms with E-state index in [1.165, 1.54) is 11.4 Å². The van der Waals surface area contributed by atoms with Gasteiger partial charge >= 0.3 is 0 Å². The first-order chi connectivity index (χ1) is 13.4. The third-order valence-electron chi connectivity index (χ3n) is 5.23. The van der Waals surface area contributed by atoms with Gasteiger partial charge in [0.1, 0.15) is 0 Å². The van der Waals surface area contributed by atoms with Crippen molar-refractivity contribution in [1.82, 2.24) is 10.1 Å². The van der Waals surface area contributed by atoms with Crippen molar-refractivity contribution in [2.45, 2.75) is 36.1 Å². The summed E-state index contributed by atoms with van der Waals surface area (Å²) in [5.41, 5.74) is 6.96. The Morgan fingerprint density at radius 2 is 1.76 bits per heavy atom. The van der Waals surface area contributed by atoms with E-state index in [1.54, 1.807) is 48.5 Å². The number of nitrogens with zero attached hydrogens (tertiary/aromatic N) is 3. The van der Waals surface area contributed by atoms with Crippen LogP contribution in [-0.2, 0) is 15.6 Å². The molecule has 154 valence electrons. The van der Waals surface area contributed by atoms with E-state index in [4.69, 9.17) is 10.3 Å². The average Bonchev–Trinajstić information content (AvgIpc) is 3.38. The lowest BCUT2D eigenvalue weighted by Gasteiger charge is -2.19. The zero-order chi connectivity index (χ0) is 19.8. The van der Waals surface area contributed by atoms with E-state index >= 15 is 0 Å². The minimum absolute atomic E-state index is 0. The first-order valence-electron chi connectivity index (χ1n) is 9.18. The first-order valence-corrected chi connectivity index (χ1v) is 10.6. The van der Waals surface area contributed by atoms with Crippen LogP contribution in [0.2, 0.25) is 0 Å². The summed E-state index contributed by atoms with van der Waals surface area (Å²) in [6, 6.07) is 15.4. The van der Waals surface area contributed by atoms with E-state index in [2.05, 4.69) is 10.1 Å². The van der Waals surface area contributed by atoms with Crippen molar-refractivity contribution in [2.75, 3.05) is 11.4 Å². The van der Waals surface area contributed by atoms with E-state index in [-0.39, 0.29) is 23.2 Å². The fourth-order valence-corrected chi connectivity index (χ4v) is 4.74. The van der Waals surface area contributed by atoms with Crippen molar-refractivity contribution >= 4 is 28.1 Å². The molecule has 2 N–H and O–H groups in total. The van der Waals surface area contributed by atoms with Gasteiger partial charge in [0, 0.05) is 12.6 Å². The molecule has 1 saturated carbocycles. The summed E-state index contributed by atoms with van der Waals surface area (Å²) >= 11 is 0. The minimum Gasteiger partial charge on any atom is -0.334 e. The molecule has 1 aliphatic rings. The molecule has 0 saturated heterocycles. The topological polar surface area (TPSA) is 102 Å². The summed E-state index contributed by atoms with van der Waals surface area (Å²) in [6.07, 6.45) is 3.73. The Balaban J connectivity index is 0.00000240. The molecule has 3 aromatic rings. The molecular formula is C20H23ClN4O3S. The van der Waals surface area contributed by atoms with Crippen LogP contribution < -0.4 is 10.0 Å². The van der Waals surface area contributed by atoms with Gasteiger partial charge in [-0.1, -0.05) is 42.3 Å². The van der Waals surface area contributed by atoms with Gasteiger partial charge in [-0.25, -0.2) is 8.42 Å². The molecule has 1 heterocycles. The molecule has 2 aromatic carbocycles. The summed E-state index contributed by atoms with van der Waals surface area (Å²) in [5, 5.41) is 4.05. The van der Waals surface area contributed by atoms with Crippen LogP contribution in [0.1, 0.15) is 31.5 Å². The molecule has 1 fully saturated rings. The maximum atomic E-state index is 13.0. The molecule has 9 heteroatoms. The number of nitrogens with two attached hydrogens (primary N) is 1. The van der Waals surface area contributed by atoms with Crippen molar-refractivity contribution in [1.29, 1.82) is 0 Å². The highest BCUT2D eigenvalue weighted by molar-refractivity contribution is 7.92. The zero-order valence-corrected chi connectivity index (χ0v) is 17.6. The van der Waals surface area contributed by atoms with Gasteiger partial charge in [0.15, 0.2) is 5.82 Å². The van der Waals surface area contributed by atoms with Gasteiger partial charge in [0.05, 0.1) is 16.1 Å². The zero-order valence-electron chi connectivity index (χ0n) is 16.0. The SMILES string of the molecule is CN(c1ccccc1)S(=O)(=O)c1cccc(-c2nc(C3(N)CCCC3)no2)c1.Cl. The van der Waals surface area contributed by atoms with Crippen molar-refractivity contribution in [3.05, 3.63) is 60.4 Å². The Morgan fingerprint density at radius 3 is 2.45 bits per heavy atom. The molecule has 1 aliphatic carbocycles. The third-order valence-corrected chi connectivity index (χ3v) is 7.01. The molecule has 0 radical (unpaired) electrons. The van der Waals surface area contributed by atoms with Gasteiger partial charge in [0.25, 0.3) is 15.9 Å². The number of para-hydroxylation sites is 1. The monoisotopic (exact) mass is 434 g/mol. The highest BCUT2D eigenvalue weighted by atomic mass is 35.5. The van der Waals surface area contributed by atoms with E-state index in [0.29, 0.717) is 17.1 Å². The number of hydrogen-bond acceptors (Lipinski definition) is 6. The van der Waals surface area contributed by atoms with Crippen LogP contribution in [0.4, 0.5) is 5.69 Å². The smallest absolute Gasteiger partial charge is 0.264 e. The molecular weight excluding hydrogens is 412 g/mol. The van der Waals surface area contributed by atoms with Gasteiger partial charge in [-0.05, 0) is 43.2 Å². The largest absolute Gasteiger partial charge is 0.334 e. The Labute approximate surface area is 176 Å². The van der Waals surface area contributed by atoms with Crippen LogP contribution in [0, 0.1) is 0 Å². The number of rotatable bonds is 5. The fourth-order valence-electron chi connectivity index (χ4n) is 3.50. The molecule has 1 aromatic heterocycles. The lowest BCUT2D eigenvalue weighted by molar-refractivity contribution is 0.372. The summed E-state index contributed by atoms with van der Waals surface area (Å²) in [7, 11) is -2.20. The standard InChI is InChI=1S/C20H22N4O3S.ClH/c1-24(16-9-3-2-4-10-16)28(25,26)17-11-7-8-15(14-17)18-22-19(23-27-18)20(21)12-5-6-13-20;/h2-4,7-11,14H,5-6,12-13,21H2,1H3;1H. The van der Waals surface area contributed by atoms with Gasteiger partial charge < -0.3 is 10.3 Å². The number of hydrogen-bond donors (Lipinski definition) is 1. The highest BCUT2D eigenvalue weighted by Crippen LogP contribution is 2.35. The van der Waals surface area contributed by atoms with Crippen LogP contribution in [0.3, 0.4) is 0 Å². The molecule has 0 unspecified atom stereocenters. The molecule has 7 nitrogen and oxygen atoms in total. The molecule has 4 rings (SSSR count). The molecule has 0 spiro atoms.